The van der Waals surface area contributed by atoms with Gasteiger partial charge in [0.1, 0.15) is 43.5 Å². The number of ether oxygens (including phenoxy) is 4. The summed E-state index contributed by atoms with van der Waals surface area (Å²) in [5.74, 6) is 1.16. The number of anilines is 1. The van der Waals surface area contributed by atoms with Gasteiger partial charge in [0.05, 0.1) is 26.9 Å². The quantitative estimate of drug-likeness (QED) is 0.0643. The molecule has 1 aliphatic rings. The smallest absolute Gasteiger partial charge is 0.351 e. The van der Waals surface area contributed by atoms with Crippen LogP contribution in [-0.4, -0.2) is 71.4 Å². The van der Waals surface area contributed by atoms with Crippen molar-refractivity contribution < 1.29 is 28.3 Å². The highest BCUT2D eigenvalue weighted by atomic mass is 31.2. The van der Waals surface area contributed by atoms with Crippen LogP contribution in [0, 0.1) is 5.92 Å². The summed E-state index contributed by atoms with van der Waals surface area (Å²) in [4.78, 5) is 30.3. The minimum Gasteiger partial charge on any atom is -0.497 e. The number of nitrogens with zero attached hydrogens (tertiary/aromatic N) is 3. The molecule has 6 rings (SSSR count). The summed E-state index contributed by atoms with van der Waals surface area (Å²) in [6.45, 7) is 12.5. The Hall–Kier alpha value is -4.90. The van der Waals surface area contributed by atoms with Gasteiger partial charge in [-0.05, 0) is 86.7 Å². The molecule has 1 amide bonds. The molecule has 0 spiro atoms. The van der Waals surface area contributed by atoms with Crippen molar-refractivity contribution in [3.8, 4) is 11.5 Å². The Bertz CT molecular complexity index is 2110. The molecule has 60 heavy (non-hydrogen) atoms. The number of carbonyl (C=O) groups excluding carboxylic acids is 1. The second-order valence-electron chi connectivity index (χ2n) is 15.8. The second kappa shape index (κ2) is 20.6. The monoisotopic (exact) mass is 834 g/mol. The summed E-state index contributed by atoms with van der Waals surface area (Å²) in [5, 5.41) is 2.74. The Labute approximate surface area is 355 Å². The number of aromatic nitrogens is 2. The number of hydrogen-bond acceptors (Lipinski definition) is 9. The van der Waals surface area contributed by atoms with Gasteiger partial charge in [-0.25, -0.2) is 4.79 Å². The van der Waals surface area contributed by atoms with E-state index >= 15 is 0 Å². The van der Waals surface area contributed by atoms with Crippen LogP contribution in [0.15, 0.2) is 126 Å². The van der Waals surface area contributed by atoms with E-state index in [-0.39, 0.29) is 36.3 Å². The zero-order valence-corrected chi connectivity index (χ0v) is 36.9. The highest BCUT2D eigenvalue weighted by Gasteiger charge is 2.44. The highest BCUT2D eigenvalue weighted by molar-refractivity contribution is 7.50. The number of carbonyl (C=O) groups is 1. The first-order chi connectivity index (χ1) is 28.9. The van der Waals surface area contributed by atoms with Crippen molar-refractivity contribution in [2.45, 2.75) is 90.5 Å². The van der Waals surface area contributed by atoms with E-state index in [4.69, 9.17) is 23.5 Å². The third kappa shape index (κ3) is 10.5. The third-order valence-corrected chi connectivity index (χ3v) is 13.3. The molecule has 2 heterocycles. The lowest BCUT2D eigenvalue weighted by Gasteiger charge is -2.40. The van der Waals surface area contributed by atoms with Gasteiger partial charge >= 0.3 is 5.69 Å². The Balaban J connectivity index is 1.41. The lowest BCUT2D eigenvalue weighted by molar-refractivity contribution is -0.118. The van der Waals surface area contributed by atoms with Crippen molar-refractivity contribution in [3.63, 3.8) is 0 Å². The normalized spacial score (nSPS) is 17.4. The Morgan fingerprint density at radius 2 is 1.37 bits per heavy atom. The Morgan fingerprint density at radius 3 is 1.88 bits per heavy atom. The molecule has 11 nitrogen and oxygen atoms in total. The number of nitrogens with one attached hydrogen (secondary N) is 1. The predicted octanol–water partition coefficient (Wildman–Crippen LogP) is 9.21. The topological polar surface area (TPSA) is 113 Å². The van der Waals surface area contributed by atoms with Gasteiger partial charge < -0.3 is 28.8 Å². The molecular formula is C48H59N4O7P. The largest absolute Gasteiger partial charge is 0.497 e. The summed E-state index contributed by atoms with van der Waals surface area (Å²) in [6, 6.07) is 38.5. The summed E-state index contributed by atoms with van der Waals surface area (Å²) >= 11 is 0. The maximum Gasteiger partial charge on any atom is 0.351 e. The molecule has 4 atom stereocenters. The van der Waals surface area contributed by atoms with Gasteiger partial charge in [-0.1, -0.05) is 98.8 Å². The number of methoxy groups -OCH3 is 2. The van der Waals surface area contributed by atoms with E-state index in [1.807, 2.05) is 72.8 Å². The molecule has 12 heteroatoms. The van der Waals surface area contributed by atoms with E-state index in [0.29, 0.717) is 6.42 Å². The van der Waals surface area contributed by atoms with Crippen molar-refractivity contribution >= 4 is 20.0 Å². The first-order valence-corrected chi connectivity index (χ1v) is 22.1. The maximum absolute atomic E-state index is 13.7. The molecular weight excluding hydrogens is 776 g/mol. The van der Waals surface area contributed by atoms with Gasteiger partial charge in [-0.15, -0.1) is 0 Å². The molecule has 5 aromatic rings. The first kappa shape index (κ1) is 44.6. The average molecular weight is 835 g/mol. The number of amides is 1. The van der Waals surface area contributed by atoms with Crippen LogP contribution in [0.2, 0.25) is 0 Å². The highest BCUT2D eigenvalue weighted by Crippen LogP contribution is 2.50. The predicted molar refractivity (Wildman–Crippen MR) is 238 cm³/mol. The van der Waals surface area contributed by atoms with Gasteiger partial charge in [0, 0.05) is 36.8 Å². The SMILES string of the molecule is COc1ccc(C(OC[C@H]2O[C@@H](n3ccc(NC(=O)C(C)C)nc3=O)C[C@@H]2OP(CCc2ccccc2)N(C(C)C)C(C)C)(c2ccccc2)c2ccc(OC)cc2)cc1. The molecule has 1 aliphatic heterocycles. The van der Waals surface area contributed by atoms with E-state index < -0.39 is 38.0 Å². The fourth-order valence-electron chi connectivity index (χ4n) is 7.75. The summed E-state index contributed by atoms with van der Waals surface area (Å²) in [5.41, 5.74) is 2.32. The molecule has 4 aromatic carbocycles. The van der Waals surface area contributed by atoms with Crippen LogP contribution in [-0.2, 0) is 30.8 Å². The number of hydrogen-bond donors (Lipinski definition) is 1. The van der Waals surface area contributed by atoms with Crippen molar-refractivity contribution in [3.05, 3.63) is 154 Å². The lowest BCUT2D eigenvalue weighted by Crippen LogP contribution is -2.40. The standard InChI is InChI=1S/C48H59N4O7P/c1-33(2)46(53)49-44-27-29-51(47(54)50-44)45-31-42(59-60(52(34(3)4)35(5)6)30-28-36-15-11-9-12-16-36)43(58-45)32-57-48(37-17-13-10-14-18-37,38-19-23-40(55-7)24-20-38)39-21-25-41(56-8)26-22-39/h9-27,29,33-35,42-43,45H,28,30-32H2,1-8H3,(H,49,50,53,54)/t42-,43+,45+,60?/m0/s1. The van der Waals surface area contributed by atoms with Gasteiger partial charge in [0.2, 0.25) is 5.91 Å². The van der Waals surface area contributed by atoms with E-state index in [2.05, 4.69) is 79.1 Å². The molecule has 1 saturated heterocycles. The third-order valence-electron chi connectivity index (χ3n) is 10.7. The summed E-state index contributed by atoms with van der Waals surface area (Å²) in [7, 11) is 2.16. The zero-order chi connectivity index (χ0) is 42.8. The minimum atomic E-state index is -1.14. The summed E-state index contributed by atoms with van der Waals surface area (Å²) < 4.78 is 36.7. The van der Waals surface area contributed by atoms with Crippen LogP contribution in [0.25, 0.3) is 0 Å². The van der Waals surface area contributed by atoms with Crippen LogP contribution in [0.1, 0.15) is 76.4 Å². The second-order valence-corrected chi connectivity index (χ2v) is 17.7. The number of benzene rings is 4. The van der Waals surface area contributed by atoms with E-state index in [1.54, 1.807) is 40.3 Å². The molecule has 0 bridgehead atoms. The molecule has 0 saturated carbocycles. The van der Waals surface area contributed by atoms with Gasteiger partial charge in [-0.2, -0.15) is 4.98 Å². The molecule has 0 aliphatic carbocycles. The molecule has 1 fully saturated rings. The van der Waals surface area contributed by atoms with Gasteiger partial charge in [0.25, 0.3) is 0 Å². The fraction of sp³-hybridized carbons (Fsp3) is 0.396. The fourth-order valence-corrected chi connectivity index (χ4v) is 10.2. The van der Waals surface area contributed by atoms with Crippen molar-refractivity contribution in [1.82, 2.24) is 14.2 Å². The number of aryl methyl sites for hydroxylation is 1. The maximum atomic E-state index is 13.7. The van der Waals surface area contributed by atoms with E-state index in [0.717, 1.165) is 40.8 Å². The van der Waals surface area contributed by atoms with Crippen LogP contribution in [0.4, 0.5) is 5.82 Å². The van der Waals surface area contributed by atoms with Crippen molar-refractivity contribution in [2.24, 2.45) is 5.92 Å². The Kier molecular flexibility index (Phi) is 15.3. The zero-order valence-electron chi connectivity index (χ0n) is 36.0. The number of rotatable bonds is 19. The van der Waals surface area contributed by atoms with Gasteiger partial charge in [-0.3, -0.25) is 14.0 Å². The van der Waals surface area contributed by atoms with Crippen LogP contribution in [0.5, 0.6) is 11.5 Å². The van der Waals surface area contributed by atoms with Crippen LogP contribution >= 0.6 is 8.30 Å². The van der Waals surface area contributed by atoms with Gasteiger partial charge in [0.15, 0.2) is 0 Å². The van der Waals surface area contributed by atoms with Crippen LogP contribution < -0.4 is 20.5 Å². The Morgan fingerprint density at radius 1 is 0.817 bits per heavy atom. The van der Waals surface area contributed by atoms with E-state index in [1.165, 1.54) is 10.1 Å². The first-order valence-electron chi connectivity index (χ1n) is 20.7. The molecule has 1 unspecified atom stereocenters. The molecule has 1 aromatic heterocycles. The minimum absolute atomic E-state index is 0.115. The van der Waals surface area contributed by atoms with Crippen molar-refractivity contribution in [1.29, 1.82) is 0 Å². The molecule has 0 radical (unpaired) electrons. The molecule has 1 N–H and O–H groups in total. The van der Waals surface area contributed by atoms with Crippen LogP contribution in [0.3, 0.4) is 0 Å². The van der Waals surface area contributed by atoms with E-state index in [9.17, 15) is 9.59 Å². The lowest BCUT2D eigenvalue weighted by atomic mass is 9.80. The molecule has 318 valence electrons. The average Bonchev–Trinajstić information content (AvgIpc) is 3.65. The van der Waals surface area contributed by atoms with Crippen molar-refractivity contribution in [2.75, 3.05) is 32.3 Å². The summed E-state index contributed by atoms with van der Waals surface area (Å²) in [6.07, 6.45) is 1.91.